The van der Waals surface area contributed by atoms with Gasteiger partial charge in [0.05, 0.1) is 24.0 Å². The molecule has 1 heterocycles. The number of nitro groups is 1. The summed E-state index contributed by atoms with van der Waals surface area (Å²) < 4.78 is 37.5. The lowest BCUT2D eigenvalue weighted by Gasteiger charge is -2.34. The second kappa shape index (κ2) is 8.67. The summed E-state index contributed by atoms with van der Waals surface area (Å²) in [5.74, 6) is 0.213. The molecule has 1 aliphatic heterocycles. The third-order valence-corrected chi connectivity index (χ3v) is 6.74. The molecule has 0 unspecified atom stereocenters. The Morgan fingerprint density at radius 3 is 2.23 bits per heavy atom. The number of hydrogen-bond acceptors (Lipinski definition) is 7. The van der Waals surface area contributed by atoms with Crippen LogP contribution in [0, 0.1) is 10.1 Å². The van der Waals surface area contributed by atoms with Gasteiger partial charge in [-0.25, -0.2) is 8.42 Å². The van der Waals surface area contributed by atoms with Gasteiger partial charge in [-0.15, -0.1) is 0 Å². The second-order valence-corrected chi connectivity index (χ2v) is 8.43. The van der Waals surface area contributed by atoms with Crippen molar-refractivity contribution in [2.45, 2.75) is 4.90 Å². The lowest BCUT2D eigenvalue weighted by Crippen LogP contribution is -2.50. The first-order valence-electron chi connectivity index (χ1n) is 9.04. The van der Waals surface area contributed by atoms with Gasteiger partial charge in [-0.2, -0.15) is 4.31 Å². The summed E-state index contributed by atoms with van der Waals surface area (Å²) in [6, 6.07) is 10.0. The van der Waals surface area contributed by atoms with E-state index in [1.54, 1.807) is 6.07 Å². The number of hydrogen-bond donors (Lipinski definition) is 0. The van der Waals surface area contributed by atoms with Crippen LogP contribution in [0.4, 0.5) is 5.69 Å². The van der Waals surface area contributed by atoms with Gasteiger partial charge < -0.3 is 14.4 Å². The van der Waals surface area contributed by atoms with Crippen molar-refractivity contribution in [2.75, 3.05) is 40.4 Å². The first kappa shape index (κ1) is 21.5. The van der Waals surface area contributed by atoms with Gasteiger partial charge in [-0.1, -0.05) is 12.1 Å². The molecule has 0 aromatic heterocycles. The number of rotatable bonds is 6. The van der Waals surface area contributed by atoms with Gasteiger partial charge in [0.25, 0.3) is 11.6 Å². The minimum Gasteiger partial charge on any atom is -0.493 e. The van der Waals surface area contributed by atoms with Crippen LogP contribution in [0.15, 0.2) is 47.4 Å². The van der Waals surface area contributed by atoms with E-state index in [9.17, 15) is 23.3 Å². The topological polar surface area (TPSA) is 119 Å². The van der Waals surface area contributed by atoms with Gasteiger partial charge >= 0.3 is 0 Å². The molecule has 10 nitrogen and oxygen atoms in total. The normalized spacial score (nSPS) is 14.9. The number of carbonyl (C=O) groups is 1. The number of piperazine rings is 1. The molecule has 1 fully saturated rings. The molecule has 1 aliphatic rings. The Balaban J connectivity index is 1.75. The van der Waals surface area contributed by atoms with Crippen LogP contribution in [0.2, 0.25) is 0 Å². The van der Waals surface area contributed by atoms with Crippen LogP contribution < -0.4 is 9.47 Å². The minimum atomic E-state index is -3.80. The van der Waals surface area contributed by atoms with E-state index in [1.165, 1.54) is 59.8 Å². The second-order valence-electron chi connectivity index (χ2n) is 6.49. The molecule has 0 spiro atoms. The van der Waals surface area contributed by atoms with E-state index in [0.29, 0.717) is 11.5 Å². The van der Waals surface area contributed by atoms with Gasteiger partial charge in [0.1, 0.15) is 5.56 Å². The molecule has 0 radical (unpaired) electrons. The molecule has 11 heteroatoms. The van der Waals surface area contributed by atoms with Crippen molar-refractivity contribution in [3.63, 3.8) is 0 Å². The maximum Gasteiger partial charge on any atom is 0.282 e. The first-order valence-corrected chi connectivity index (χ1v) is 10.5. The molecule has 0 bridgehead atoms. The van der Waals surface area contributed by atoms with Crippen molar-refractivity contribution in [2.24, 2.45) is 0 Å². The summed E-state index contributed by atoms with van der Waals surface area (Å²) in [5.41, 5.74) is -0.290. The maximum absolute atomic E-state index is 13.0. The number of carbonyl (C=O) groups excluding carboxylic acids is 1. The molecule has 0 saturated carbocycles. The standard InChI is InChI=1S/C19H21N3O7S/c1-28-17-8-7-14(13-18(17)29-2)30(26,27)21-11-9-20(10-12-21)19(23)15-5-3-4-6-16(15)22(24)25/h3-8,13H,9-12H2,1-2H3. The Morgan fingerprint density at radius 1 is 1.00 bits per heavy atom. The Labute approximate surface area is 173 Å². The predicted octanol–water partition coefficient (Wildman–Crippen LogP) is 1.76. The number of benzene rings is 2. The van der Waals surface area contributed by atoms with Crippen molar-refractivity contribution in [1.82, 2.24) is 9.21 Å². The number of amides is 1. The van der Waals surface area contributed by atoms with E-state index in [2.05, 4.69) is 0 Å². The molecular weight excluding hydrogens is 414 g/mol. The monoisotopic (exact) mass is 435 g/mol. The van der Waals surface area contributed by atoms with E-state index >= 15 is 0 Å². The number of methoxy groups -OCH3 is 2. The van der Waals surface area contributed by atoms with Crippen LogP contribution >= 0.6 is 0 Å². The summed E-state index contributed by atoms with van der Waals surface area (Å²) >= 11 is 0. The summed E-state index contributed by atoms with van der Waals surface area (Å²) in [6.07, 6.45) is 0. The molecule has 160 valence electrons. The number of ether oxygens (including phenoxy) is 2. The molecule has 1 saturated heterocycles. The largest absolute Gasteiger partial charge is 0.493 e. The summed E-state index contributed by atoms with van der Waals surface area (Å²) in [6.45, 7) is 0.390. The van der Waals surface area contributed by atoms with Crippen molar-refractivity contribution in [3.05, 3.63) is 58.1 Å². The highest BCUT2D eigenvalue weighted by atomic mass is 32.2. The van der Waals surface area contributed by atoms with Crippen LogP contribution in [-0.2, 0) is 10.0 Å². The Kier molecular flexibility index (Phi) is 6.22. The van der Waals surface area contributed by atoms with Crippen LogP contribution in [0.3, 0.4) is 0 Å². The van der Waals surface area contributed by atoms with Gasteiger partial charge in [0, 0.05) is 38.3 Å². The van der Waals surface area contributed by atoms with E-state index in [4.69, 9.17) is 9.47 Å². The Morgan fingerprint density at radius 2 is 1.63 bits per heavy atom. The number of nitrogens with zero attached hydrogens (tertiary/aromatic N) is 3. The SMILES string of the molecule is COc1ccc(S(=O)(=O)N2CCN(C(=O)c3ccccc3[N+](=O)[O-])CC2)cc1OC. The molecule has 2 aromatic carbocycles. The fraction of sp³-hybridized carbons (Fsp3) is 0.316. The zero-order valence-corrected chi connectivity index (χ0v) is 17.3. The average molecular weight is 435 g/mol. The zero-order chi connectivity index (χ0) is 21.9. The number of sulfonamides is 1. The minimum absolute atomic E-state index is 0.0151. The molecule has 2 aromatic rings. The van der Waals surface area contributed by atoms with Gasteiger partial charge in [0.15, 0.2) is 11.5 Å². The summed E-state index contributed by atoms with van der Waals surface area (Å²) in [5, 5.41) is 11.2. The van der Waals surface area contributed by atoms with E-state index in [1.807, 2.05) is 0 Å². The molecule has 0 atom stereocenters. The highest BCUT2D eigenvalue weighted by Gasteiger charge is 2.32. The summed E-state index contributed by atoms with van der Waals surface area (Å²) in [7, 11) is -0.928. The molecule has 30 heavy (non-hydrogen) atoms. The molecule has 1 amide bonds. The summed E-state index contributed by atoms with van der Waals surface area (Å²) in [4.78, 5) is 24.8. The molecule has 0 aliphatic carbocycles. The molecular formula is C19H21N3O7S. The van der Waals surface area contributed by atoms with Crippen molar-refractivity contribution in [3.8, 4) is 11.5 Å². The molecule has 0 N–H and O–H groups in total. The number of nitro benzene ring substituents is 1. The van der Waals surface area contributed by atoms with E-state index in [-0.39, 0.29) is 42.3 Å². The van der Waals surface area contributed by atoms with E-state index in [0.717, 1.165) is 0 Å². The number of para-hydroxylation sites is 1. The van der Waals surface area contributed by atoms with Crippen LogP contribution in [0.1, 0.15) is 10.4 Å². The Bertz CT molecular complexity index is 1060. The lowest BCUT2D eigenvalue weighted by atomic mass is 10.1. The van der Waals surface area contributed by atoms with Crippen molar-refractivity contribution >= 4 is 21.6 Å². The van der Waals surface area contributed by atoms with Gasteiger partial charge in [0.2, 0.25) is 10.0 Å². The third kappa shape index (κ3) is 4.07. The third-order valence-electron chi connectivity index (χ3n) is 4.85. The highest BCUT2D eigenvalue weighted by molar-refractivity contribution is 7.89. The first-order chi connectivity index (χ1) is 14.3. The highest BCUT2D eigenvalue weighted by Crippen LogP contribution is 2.31. The quantitative estimate of drug-likeness (QED) is 0.501. The predicted molar refractivity (Wildman–Crippen MR) is 107 cm³/mol. The smallest absolute Gasteiger partial charge is 0.282 e. The van der Waals surface area contributed by atoms with Crippen LogP contribution in [-0.4, -0.2) is 68.9 Å². The Hall–Kier alpha value is -3.18. The van der Waals surface area contributed by atoms with E-state index < -0.39 is 20.9 Å². The zero-order valence-electron chi connectivity index (χ0n) is 16.5. The molecule has 3 rings (SSSR count). The average Bonchev–Trinajstić information content (AvgIpc) is 2.78. The van der Waals surface area contributed by atoms with Crippen molar-refractivity contribution in [1.29, 1.82) is 0 Å². The van der Waals surface area contributed by atoms with Gasteiger partial charge in [-0.3, -0.25) is 14.9 Å². The van der Waals surface area contributed by atoms with Gasteiger partial charge in [-0.05, 0) is 18.2 Å². The lowest BCUT2D eigenvalue weighted by molar-refractivity contribution is -0.385. The van der Waals surface area contributed by atoms with Crippen molar-refractivity contribution < 1.29 is 27.6 Å². The fourth-order valence-electron chi connectivity index (χ4n) is 3.24. The van der Waals surface area contributed by atoms with Crippen LogP contribution in [0.5, 0.6) is 11.5 Å². The maximum atomic E-state index is 13.0. The van der Waals surface area contributed by atoms with Crippen LogP contribution in [0.25, 0.3) is 0 Å². The fourth-order valence-corrected chi connectivity index (χ4v) is 4.68.